The zero-order chi connectivity index (χ0) is 20.9. The fourth-order valence-corrected chi connectivity index (χ4v) is 3.81. The van der Waals surface area contributed by atoms with Gasteiger partial charge in [0.25, 0.3) is 5.91 Å². The summed E-state index contributed by atoms with van der Waals surface area (Å²) in [5, 5.41) is 8.56. The minimum Gasteiger partial charge on any atom is -0.494 e. The van der Waals surface area contributed by atoms with Gasteiger partial charge in [-0.25, -0.2) is 4.98 Å². The molecule has 1 aliphatic carbocycles. The molecule has 30 heavy (non-hydrogen) atoms. The van der Waals surface area contributed by atoms with E-state index in [0.717, 1.165) is 29.2 Å². The smallest absolute Gasteiger partial charge is 0.251 e. The third-order valence-corrected chi connectivity index (χ3v) is 5.57. The highest BCUT2D eigenvalue weighted by Gasteiger charge is 2.23. The molecular formula is C23H23N3O3S. The number of hydrogen-bond donors (Lipinski definition) is 2. The first kappa shape index (κ1) is 20.1. The quantitative estimate of drug-likeness (QED) is 0.569. The van der Waals surface area contributed by atoms with Crippen molar-refractivity contribution in [3.63, 3.8) is 0 Å². The third-order valence-electron chi connectivity index (χ3n) is 4.63. The van der Waals surface area contributed by atoms with Crippen molar-refractivity contribution in [1.29, 1.82) is 0 Å². The standard InChI is InChI=1S/C23H23N3O3S/c1-2-29-20-10-6-15(7-11-20)23-26-19(14-30-23)13-21(27)24-18-5-3-4-16(12-18)22(28)25-17-8-9-17/h3-7,10-12,14,17H,2,8-9,13H2,1H3,(H,24,27)(H,25,28). The molecule has 0 atom stereocenters. The van der Waals surface area contributed by atoms with Crippen molar-refractivity contribution in [1.82, 2.24) is 10.3 Å². The Bertz CT molecular complexity index is 1040. The van der Waals surface area contributed by atoms with Crippen molar-refractivity contribution in [3.05, 3.63) is 65.2 Å². The number of nitrogens with zero attached hydrogens (tertiary/aromatic N) is 1. The summed E-state index contributed by atoms with van der Waals surface area (Å²) >= 11 is 1.50. The Morgan fingerprint density at radius 1 is 1.17 bits per heavy atom. The summed E-state index contributed by atoms with van der Waals surface area (Å²) in [6.07, 6.45) is 2.24. The molecule has 0 spiro atoms. The maximum absolute atomic E-state index is 12.4. The zero-order valence-corrected chi connectivity index (χ0v) is 17.5. The lowest BCUT2D eigenvalue weighted by atomic mass is 10.2. The maximum atomic E-state index is 12.4. The van der Waals surface area contributed by atoms with Gasteiger partial charge in [-0.15, -0.1) is 11.3 Å². The number of carbonyl (C=O) groups excluding carboxylic acids is 2. The van der Waals surface area contributed by atoms with Crippen LogP contribution in [0.1, 0.15) is 35.8 Å². The number of aromatic nitrogens is 1. The van der Waals surface area contributed by atoms with Crippen molar-refractivity contribution in [2.24, 2.45) is 0 Å². The number of carbonyl (C=O) groups is 2. The zero-order valence-electron chi connectivity index (χ0n) is 16.7. The fraction of sp³-hybridized carbons (Fsp3) is 0.261. The number of thiazole rings is 1. The number of nitrogens with one attached hydrogen (secondary N) is 2. The first-order valence-corrected chi connectivity index (χ1v) is 10.9. The van der Waals surface area contributed by atoms with Gasteiger partial charge in [-0.1, -0.05) is 6.07 Å². The summed E-state index contributed by atoms with van der Waals surface area (Å²) in [4.78, 5) is 29.2. The highest BCUT2D eigenvalue weighted by Crippen LogP contribution is 2.26. The molecule has 1 fully saturated rings. The monoisotopic (exact) mass is 421 g/mol. The molecule has 1 heterocycles. The SMILES string of the molecule is CCOc1ccc(-c2nc(CC(=O)Nc3cccc(C(=O)NC4CC4)c3)cs2)cc1. The van der Waals surface area contributed by atoms with Crippen LogP contribution >= 0.6 is 11.3 Å². The molecule has 3 aromatic rings. The average Bonchev–Trinajstić information content (AvgIpc) is 3.44. The molecule has 1 aliphatic rings. The van der Waals surface area contributed by atoms with Gasteiger partial charge in [0, 0.05) is 28.2 Å². The van der Waals surface area contributed by atoms with Crippen molar-refractivity contribution < 1.29 is 14.3 Å². The molecule has 0 aliphatic heterocycles. The lowest BCUT2D eigenvalue weighted by molar-refractivity contribution is -0.115. The van der Waals surface area contributed by atoms with Gasteiger partial charge in [-0.3, -0.25) is 9.59 Å². The van der Waals surface area contributed by atoms with E-state index in [1.807, 2.05) is 36.6 Å². The fourth-order valence-electron chi connectivity index (χ4n) is 2.99. The maximum Gasteiger partial charge on any atom is 0.251 e. The highest BCUT2D eigenvalue weighted by molar-refractivity contribution is 7.13. The van der Waals surface area contributed by atoms with Gasteiger partial charge in [0.1, 0.15) is 10.8 Å². The molecule has 0 saturated heterocycles. The number of anilines is 1. The summed E-state index contributed by atoms with van der Waals surface area (Å²) in [5.74, 6) is 0.553. The average molecular weight is 422 g/mol. The Morgan fingerprint density at radius 3 is 2.70 bits per heavy atom. The van der Waals surface area contributed by atoms with E-state index in [4.69, 9.17) is 4.74 Å². The second-order valence-corrected chi connectivity index (χ2v) is 8.01. The molecule has 2 N–H and O–H groups in total. The van der Waals surface area contributed by atoms with Gasteiger partial charge in [0.05, 0.1) is 18.7 Å². The number of amides is 2. The van der Waals surface area contributed by atoms with E-state index >= 15 is 0 Å². The van der Waals surface area contributed by atoms with Crippen molar-refractivity contribution in [2.75, 3.05) is 11.9 Å². The van der Waals surface area contributed by atoms with Crippen LogP contribution in [-0.2, 0) is 11.2 Å². The molecule has 154 valence electrons. The van der Waals surface area contributed by atoms with Crippen LogP contribution in [0, 0.1) is 0 Å². The molecule has 6 nitrogen and oxygen atoms in total. The molecule has 0 radical (unpaired) electrons. The predicted octanol–water partition coefficient (Wildman–Crippen LogP) is 4.28. The third kappa shape index (κ3) is 5.24. The van der Waals surface area contributed by atoms with Gasteiger partial charge in [-0.05, 0) is 62.2 Å². The van der Waals surface area contributed by atoms with Crippen LogP contribution in [0.2, 0.25) is 0 Å². The molecule has 0 unspecified atom stereocenters. The van der Waals surface area contributed by atoms with Gasteiger partial charge < -0.3 is 15.4 Å². The molecule has 2 aromatic carbocycles. The van der Waals surface area contributed by atoms with Gasteiger partial charge >= 0.3 is 0 Å². The van der Waals surface area contributed by atoms with Gasteiger partial charge in [0.15, 0.2) is 0 Å². The van der Waals surface area contributed by atoms with Crippen LogP contribution < -0.4 is 15.4 Å². The van der Waals surface area contributed by atoms with E-state index in [2.05, 4.69) is 15.6 Å². The van der Waals surface area contributed by atoms with E-state index in [1.165, 1.54) is 11.3 Å². The second kappa shape index (κ2) is 9.09. The first-order chi connectivity index (χ1) is 14.6. The van der Waals surface area contributed by atoms with E-state index in [0.29, 0.717) is 29.6 Å². The first-order valence-electron chi connectivity index (χ1n) is 9.99. The van der Waals surface area contributed by atoms with Crippen LogP contribution in [0.4, 0.5) is 5.69 Å². The summed E-state index contributed by atoms with van der Waals surface area (Å²) < 4.78 is 5.46. The summed E-state index contributed by atoms with van der Waals surface area (Å²) in [5.41, 5.74) is 2.85. The Hall–Kier alpha value is -3.19. The summed E-state index contributed by atoms with van der Waals surface area (Å²) in [6, 6.07) is 15.0. The number of ether oxygens (including phenoxy) is 1. The molecule has 0 bridgehead atoms. The lowest BCUT2D eigenvalue weighted by Crippen LogP contribution is -2.25. The van der Waals surface area contributed by atoms with E-state index in [-0.39, 0.29) is 18.2 Å². The minimum absolute atomic E-state index is 0.104. The summed E-state index contributed by atoms with van der Waals surface area (Å²) in [6.45, 7) is 2.58. The predicted molar refractivity (Wildman–Crippen MR) is 118 cm³/mol. The van der Waals surface area contributed by atoms with Crippen molar-refractivity contribution in [3.8, 4) is 16.3 Å². The topological polar surface area (TPSA) is 80.3 Å². The Balaban J connectivity index is 1.36. The van der Waals surface area contributed by atoms with Crippen molar-refractivity contribution >= 4 is 28.8 Å². The Morgan fingerprint density at radius 2 is 1.97 bits per heavy atom. The van der Waals surface area contributed by atoms with E-state index < -0.39 is 0 Å². The molecule has 1 saturated carbocycles. The van der Waals surface area contributed by atoms with Crippen LogP contribution in [0.25, 0.3) is 10.6 Å². The minimum atomic E-state index is -0.168. The number of hydrogen-bond acceptors (Lipinski definition) is 5. The summed E-state index contributed by atoms with van der Waals surface area (Å²) in [7, 11) is 0. The van der Waals surface area contributed by atoms with Crippen LogP contribution in [0.15, 0.2) is 53.9 Å². The van der Waals surface area contributed by atoms with Crippen LogP contribution in [0.3, 0.4) is 0 Å². The molecular weight excluding hydrogens is 398 g/mol. The normalized spacial score (nSPS) is 13.0. The largest absolute Gasteiger partial charge is 0.494 e. The number of rotatable bonds is 8. The molecule has 4 rings (SSSR count). The van der Waals surface area contributed by atoms with E-state index in [1.54, 1.807) is 24.3 Å². The molecule has 2 amide bonds. The molecule has 7 heteroatoms. The highest BCUT2D eigenvalue weighted by atomic mass is 32.1. The number of benzene rings is 2. The Labute approximate surface area is 179 Å². The van der Waals surface area contributed by atoms with Crippen LogP contribution in [-0.4, -0.2) is 29.4 Å². The van der Waals surface area contributed by atoms with Crippen LogP contribution in [0.5, 0.6) is 5.75 Å². The van der Waals surface area contributed by atoms with Gasteiger partial charge in [0.2, 0.25) is 5.91 Å². The second-order valence-electron chi connectivity index (χ2n) is 7.15. The van der Waals surface area contributed by atoms with Crippen molar-refractivity contribution in [2.45, 2.75) is 32.2 Å². The Kier molecular flexibility index (Phi) is 6.09. The lowest BCUT2D eigenvalue weighted by Gasteiger charge is -2.07. The van der Waals surface area contributed by atoms with E-state index in [9.17, 15) is 9.59 Å². The van der Waals surface area contributed by atoms with Gasteiger partial charge in [-0.2, -0.15) is 0 Å². The molecule has 1 aromatic heterocycles.